The first-order valence-electron chi connectivity index (χ1n) is 6.39. The van der Waals surface area contributed by atoms with Crippen LogP contribution in [-0.2, 0) is 12.8 Å². The van der Waals surface area contributed by atoms with E-state index in [4.69, 9.17) is 10.8 Å². The molecule has 1 unspecified atom stereocenters. The summed E-state index contributed by atoms with van der Waals surface area (Å²) in [5.74, 6) is -0.962. The number of carboxylic acid groups (broad SMARTS) is 1. The van der Waals surface area contributed by atoms with Crippen LogP contribution < -0.4 is 5.73 Å². The minimum atomic E-state index is -0.962. The number of aromatic nitrogens is 1. The van der Waals surface area contributed by atoms with Crippen LogP contribution in [0.1, 0.15) is 55.2 Å². The standard InChI is InChI=1S/C14H22N2O2/c1-4-6-11-7-10(8-14(3,15)5-2)9-16-12(11)13(17)18/h7,9H,4-6,8,15H2,1-3H3,(H,17,18). The van der Waals surface area contributed by atoms with Crippen molar-refractivity contribution in [2.75, 3.05) is 0 Å². The van der Waals surface area contributed by atoms with Gasteiger partial charge in [0.05, 0.1) is 0 Å². The lowest BCUT2D eigenvalue weighted by molar-refractivity contribution is 0.0689. The fraction of sp³-hybridized carbons (Fsp3) is 0.571. The maximum Gasteiger partial charge on any atom is 0.354 e. The van der Waals surface area contributed by atoms with E-state index in [-0.39, 0.29) is 11.2 Å². The molecule has 4 heteroatoms. The Morgan fingerprint density at radius 3 is 2.67 bits per heavy atom. The van der Waals surface area contributed by atoms with Crippen LogP contribution in [0.3, 0.4) is 0 Å². The Morgan fingerprint density at radius 2 is 2.17 bits per heavy atom. The molecule has 4 nitrogen and oxygen atoms in total. The molecule has 18 heavy (non-hydrogen) atoms. The van der Waals surface area contributed by atoms with Crippen molar-refractivity contribution in [2.45, 2.75) is 52.0 Å². The summed E-state index contributed by atoms with van der Waals surface area (Å²) in [6, 6.07) is 1.93. The largest absolute Gasteiger partial charge is 0.477 e. The molecule has 0 aliphatic rings. The number of aromatic carboxylic acids is 1. The Hall–Kier alpha value is -1.42. The first kappa shape index (κ1) is 14.6. The average Bonchev–Trinajstić information content (AvgIpc) is 2.29. The van der Waals surface area contributed by atoms with Gasteiger partial charge in [-0.1, -0.05) is 26.3 Å². The smallest absolute Gasteiger partial charge is 0.354 e. The van der Waals surface area contributed by atoms with Crippen molar-refractivity contribution in [3.63, 3.8) is 0 Å². The Labute approximate surface area is 108 Å². The van der Waals surface area contributed by atoms with E-state index in [0.29, 0.717) is 6.42 Å². The lowest BCUT2D eigenvalue weighted by Crippen LogP contribution is -2.37. The van der Waals surface area contributed by atoms with Gasteiger partial charge in [-0.15, -0.1) is 0 Å². The molecule has 0 spiro atoms. The highest BCUT2D eigenvalue weighted by Gasteiger charge is 2.18. The highest BCUT2D eigenvalue weighted by molar-refractivity contribution is 5.87. The molecule has 1 heterocycles. The molecule has 1 atom stereocenters. The number of carbonyl (C=O) groups is 1. The van der Waals surface area contributed by atoms with Crippen molar-refractivity contribution in [3.05, 3.63) is 29.1 Å². The molecule has 1 aromatic rings. The molecule has 3 N–H and O–H groups in total. The molecule has 0 amide bonds. The summed E-state index contributed by atoms with van der Waals surface area (Å²) in [5, 5.41) is 9.07. The van der Waals surface area contributed by atoms with Gasteiger partial charge in [0, 0.05) is 11.7 Å². The third-order valence-electron chi connectivity index (χ3n) is 3.16. The minimum absolute atomic E-state index is 0.163. The topological polar surface area (TPSA) is 76.2 Å². The molecule has 0 fully saturated rings. The maximum absolute atomic E-state index is 11.1. The number of hydrogen-bond acceptors (Lipinski definition) is 3. The number of carboxylic acids is 1. The van der Waals surface area contributed by atoms with Crippen molar-refractivity contribution >= 4 is 5.97 Å². The summed E-state index contributed by atoms with van der Waals surface area (Å²) in [6.07, 6.45) is 4.85. The maximum atomic E-state index is 11.1. The van der Waals surface area contributed by atoms with Crippen LogP contribution >= 0.6 is 0 Å². The Balaban J connectivity index is 3.03. The molecule has 0 saturated heterocycles. The zero-order valence-electron chi connectivity index (χ0n) is 11.4. The number of rotatable bonds is 6. The molecule has 0 aliphatic heterocycles. The second kappa shape index (κ2) is 5.96. The Kier molecular flexibility index (Phi) is 4.84. The van der Waals surface area contributed by atoms with Crippen LogP contribution in [0, 0.1) is 0 Å². The van der Waals surface area contributed by atoms with Crippen LogP contribution in [0.15, 0.2) is 12.3 Å². The highest BCUT2D eigenvalue weighted by atomic mass is 16.4. The van der Waals surface area contributed by atoms with Crippen molar-refractivity contribution in [1.29, 1.82) is 0 Å². The summed E-state index contributed by atoms with van der Waals surface area (Å²) >= 11 is 0. The van der Waals surface area contributed by atoms with Crippen LogP contribution in [-0.4, -0.2) is 21.6 Å². The fourth-order valence-corrected chi connectivity index (χ4v) is 1.90. The van der Waals surface area contributed by atoms with Crippen molar-refractivity contribution < 1.29 is 9.90 Å². The summed E-state index contributed by atoms with van der Waals surface area (Å²) in [5.41, 5.74) is 7.83. The van der Waals surface area contributed by atoms with Crippen molar-refractivity contribution in [1.82, 2.24) is 4.98 Å². The van der Waals surface area contributed by atoms with Gasteiger partial charge in [-0.25, -0.2) is 9.78 Å². The zero-order valence-corrected chi connectivity index (χ0v) is 11.4. The van der Waals surface area contributed by atoms with Gasteiger partial charge < -0.3 is 10.8 Å². The first-order valence-corrected chi connectivity index (χ1v) is 6.39. The molecule has 100 valence electrons. The third kappa shape index (κ3) is 3.81. The van der Waals surface area contributed by atoms with E-state index in [0.717, 1.165) is 30.4 Å². The molecule has 1 aromatic heterocycles. The minimum Gasteiger partial charge on any atom is -0.477 e. The fourth-order valence-electron chi connectivity index (χ4n) is 1.90. The predicted octanol–water partition coefficient (Wildman–Crippen LogP) is 2.40. The number of pyridine rings is 1. The summed E-state index contributed by atoms with van der Waals surface area (Å²) in [4.78, 5) is 15.1. The van der Waals surface area contributed by atoms with Gasteiger partial charge in [-0.3, -0.25) is 0 Å². The predicted molar refractivity (Wildman–Crippen MR) is 71.8 cm³/mol. The average molecular weight is 250 g/mol. The van der Waals surface area contributed by atoms with E-state index in [1.165, 1.54) is 0 Å². The van der Waals surface area contributed by atoms with Gasteiger partial charge in [0.2, 0.25) is 0 Å². The number of aryl methyl sites for hydroxylation is 1. The molecule has 0 bridgehead atoms. The van der Waals surface area contributed by atoms with Crippen LogP contribution in [0.5, 0.6) is 0 Å². The molecule has 0 radical (unpaired) electrons. The third-order valence-corrected chi connectivity index (χ3v) is 3.16. The van der Waals surface area contributed by atoms with Gasteiger partial charge in [0.15, 0.2) is 5.69 Å². The second-order valence-electron chi connectivity index (χ2n) is 5.09. The number of nitrogens with two attached hydrogens (primary N) is 1. The van der Waals surface area contributed by atoms with Gasteiger partial charge in [0.25, 0.3) is 0 Å². The quantitative estimate of drug-likeness (QED) is 0.812. The lowest BCUT2D eigenvalue weighted by atomic mass is 9.91. The monoisotopic (exact) mass is 250 g/mol. The summed E-state index contributed by atoms with van der Waals surface area (Å²) in [6.45, 7) is 6.07. The van der Waals surface area contributed by atoms with Gasteiger partial charge in [0.1, 0.15) is 0 Å². The zero-order chi connectivity index (χ0) is 13.8. The van der Waals surface area contributed by atoms with E-state index in [2.05, 4.69) is 4.98 Å². The van der Waals surface area contributed by atoms with E-state index in [9.17, 15) is 4.79 Å². The van der Waals surface area contributed by atoms with Crippen molar-refractivity contribution in [2.24, 2.45) is 5.73 Å². The molecule has 0 saturated carbocycles. The van der Waals surface area contributed by atoms with Crippen LogP contribution in [0.2, 0.25) is 0 Å². The summed E-state index contributed by atoms with van der Waals surface area (Å²) < 4.78 is 0. The molecule has 0 aromatic carbocycles. The molecular weight excluding hydrogens is 228 g/mol. The van der Waals surface area contributed by atoms with Gasteiger partial charge in [-0.05, 0) is 37.3 Å². The van der Waals surface area contributed by atoms with Gasteiger partial charge >= 0.3 is 5.97 Å². The van der Waals surface area contributed by atoms with E-state index < -0.39 is 5.97 Å². The Morgan fingerprint density at radius 1 is 1.50 bits per heavy atom. The molecular formula is C14H22N2O2. The molecule has 0 aliphatic carbocycles. The van der Waals surface area contributed by atoms with E-state index >= 15 is 0 Å². The Bertz CT molecular complexity index is 428. The second-order valence-corrected chi connectivity index (χ2v) is 5.09. The highest BCUT2D eigenvalue weighted by Crippen LogP contribution is 2.17. The summed E-state index contributed by atoms with van der Waals surface area (Å²) in [7, 11) is 0. The van der Waals surface area contributed by atoms with Crippen molar-refractivity contribution in [3.8, 4) is 0 Å². The normalized spacial score (nSPS) is 14.2. The van der Waals surface area contributed by atoms with Gasteiger partial charge in [-0.2, -0.15) is 0 Å². The molecule has 1 rings (SSSR count). The number of hydrogen-bond donors (Lipinski definition) is 2. The van der Waals surface area contributed by atoms with E-state index in [1.54, 1.807) is 6.20 Å². The van der Waals surface area contributed by atoms with E-state index in [1.807, 2.05) is 26.8 Å². The SMILES string of the molecule is CCCc1cc(CC(C)(N)CC)cnc1C(=O)O. The van der Waals surface area contributed by atoms with Crippen LogP contribution in [0.25, 0.3) is 0 Å². The lowest BCUT2D eigenvalue weighted by Gasteiger charge is -2.22. The first-order chi connectivity index (χ1) is 8.39. The number of nitrogens with zero attached hydrogens (tertiary/aromatic N) is 1. The van der Waals surface area contributed by atoms with Crippen LogP contribution in [0.4, 0.5) is 0 Å².